The average Bonchev–Trinajstić information content (AvgIpc) is 2.96. The third-order valence-electron chi connectivity index (χ3n) is 2.89. The predicted molar refractivity (Wildman–Crippen MR) is 68.5 cm³/mol. The Morgan fingerprint density at radius 3 is 3.12 bits per heavy atom. The van der Waals surface area contributed by atoms with Crippen LogP contribution in [0.1, 0.15) is 30.1 Å². The minimum absolute atomic E-state index is 0. The second-order valence-electron chi connectivity index (χ2n) is 4.09. The van der Waals surface area contributed by atoms with Crippen molar-refractivity contribution >= 4 is 18.3 Å². The van der Waals surface area contributed by atoms with Crippen molar-refractivity contribution in [3.63, 3.8) is 0 Å². The number of rotatable bonds is 4. The fourth-order valence-electron chi connectivity index (χ4n) is 1.90. The number of halogens is 1. The van der Waals surface area contributed by atoms with Gasteiger partial charge in [-0.15, -0.1) is 12.4 Å². The minimum Gasteiger partial charge on any atom is -0.350 e. The highest BCUT2D eigenvalue weighted by atomic mass is 35.5. The van der Waals surface area contributed by atoms with Crippen LogP contribution in [0.5, 0.6) is 0 Å². The Balaban J connectivity index is 0.00000144. The molecule has 1 amide bonds. The van der Waals surface area contributed by atoms with Gasteiger partial charge in [0.05, 0.1) is 11.8 Å². The summed E-state index contributed by atoms with van der Waals surface area (Å²) in [6.45, 7) is 4.55. The molecule has 1 saturated heterocycles. The van der Waals surface area contributed by atoms with Crippen LogP contribution < -0.4 is 10.6 Å². The van der Waals surface area contributed by atoms with Gasteiger partial charge in [-0.3, -0.25) is 9.48 Å². The van der Waals surface area contributed by atoms with Crippen molar-refractivity contribution < 1.29 is 4.79 Å². The number of carbonyl (C=O) groups is 1. The number of hydrogen-bond acceptors (Lipinski definition) is 3. The molecule has 1 fully saturated rings. The van der Waals surface area contributed by atoms with Crippen LogP contribution in [-0.4, -0.2) is 34.8 Å². The second-order valence-corrected chi connectivity index (χ2v) is 4.09. The summed E-state index contributed by atoms with van der Waals surface area (Å²) in [6.07, 6.45) is 5.74. The zero-order valence-electron chi connectivity index (χ0n) is 9.98. The van der Waals surface area contributed by atoms with E-state index in [0.29, 0.717) is 18.2 Å². The topological polar surface area (TPSA) is 59.0 Å². The van der Waals surface area contributed by atoms with Crippen LogP contribution in [0.2, 0.25) is 0 Å². The van der Waals surface area contributed by atoms with Crippen molar-refractivity contribution in [2.45, 2.75) is 32.4 Å². The summed E-state index contributed by atoms with van der Waals surface area (Å²) in [7, 11) is 0. The van der Waals surface area contributed by atoms with Crippen LogP contribution in [-0.2, 0) is 6.54 Å². The summed E-state index contributed by atoms with van der Waals surface area (Å²) >= 11 is 0. The van der Waals surface area contributed by atoms with Gasteiger partial charge in [-0.1, -0.05) is 0 Å². The van der Waals surface area contributed by atoms with E-state index in [1.54, 1.807) is 17.1 Å². The van der Waals surface area contributed by atoms with Crippen molar-refractivity contribution in [3.05, 3.63) is 18.0 Å². The van der Waals surface area contributed by atoms with Gasteiger partial charge in [-0.05, 0) is 26.3 Å². The molecular weight excluding hydrogens is 240 g/mol. The largest absolute Gasteiger partial charge is 0.350 e. The van der Waals surface area contributed by atoms with Crippen LogP contribution in [0, 0.1) is 0 Å². The number of hydrogen-bond donors (Lipinski definition) is 2. The molecule has 0 bridgehead atoms. The number of nitrogens with one attached hydrogen (secondary N) is 2. The fourth-order valence-corrected chi connectivity index (χ4v) is 1.90. The molecule has 1 unspecified atom stereocenters. The smallest absolute Gasteiger partial charge is 0.254 e. The summed E-state index contributed by atoms with van der Waals surface area (Å²) in [5.41, 5.74) is 0.639. The first-order valence-electron chi connectivity index (χ1n) is 5.83. The lowest BCUT2D eigenvalue weighted by Gasteiger charge is -2.10. The van der Waals surface area contributed by atoms with Crippen molar-refractivity contribution in [2.75, 3.05) is 13.1 Å². The zero-order chi connectivity index (χ0) is 11.4. The standard InChI is InChI=1S/C11H18N4O.ClH/c1-2-15-8-9(6-14-15)11(16)13-7-10-4-3-5-12-10;/h6,8,10,12H,2-5,7H2,1H3,(H,13,16);1H. The maximum atomic E-state index is 11.7. The van der Waals surface area contributed by atoms with Gasteiger partial charge in [0, 0.05) is 25.3 Å². The molecule has 0 aromatic carbocycles. The third-order valence-corrected chi connectivity index (χ3v) is 2.89. The van der Waals surface area contributed by atoms with Gasteiger partial charge in [-0.25, -0.2) is 0 Å². The Morgan fingerprint density at radius 1 is 1.71 bits per heavy atom. The molecule has 96 valence electrons. The molecule has 0 spiro atoms. The van der Waals surface area contributed by atoms with E-state index in [1.807, 2.05) is 6.92 Å². The van der Waals surface area contributed by atoms with Crippen LogP contribution in [0.4, 0.5) is 0 Å². The van der Waals surface area contributed by atoms with Crippen LogP contribution in [0.15, 0.2) is 12.4 Å². The molecule has 2 heterocycles. The van der Waals surface area contributed by atoms with E-state index in [2.05, 4.69) is 15.7 Å². The highest BCUT2D eigenvalue weighted by molar-refractivity contribution is 5.93. The highest BCUT2D eigenvalue weighted by Gasteiger charge is 2.15. The average molecular weight is 259 g/mol. The van der Waals surface area contributed by atoms with E-state index in [4.69, 9.17) is 0 Å². The summed E-state index contributed by atoms with van der Waals surface area (Å²) in [5, 5.41) is 10.3. The van der Waals surface area contributed by atoms with E-state index in [0.717, 1.165) is 19.5 Å². The molecule has 1 aromatic rings. The summed E-state index contributed by atoms with van der Waals surface area (Å²) in [6, 6.07) is 0.435. The maximum Gasteiger partial charge on any atom is 0.254 e. The van der Waals surface area contributed by atoms with Crippen LogP contribution in [0.25, 0.3) is 0 Å². The lowest BCUT2D eigenvalue weighted by Crippen LogP contribution is -2.37. The molecule has 0 aliphatic carbocycles. The van der Waals surface area contributed by atoms with Crippen LogP contribution >= 0.6 is 12.4 Å². The van der Waals surface area contributed by atoms with Gasteiger partial charge in [-0.2, -0.15) is 5.10 Å². The van der Waals surface area contributed by atoms with Gasteiger partial charge >= 0.3 is 0 Å². The molecule has 1 atom stereocenters. The van der Waals surface area contributed by atoms with Crippen molar-refractivity contribution in [2.24, 2.45) is 0 Å². The summed E-state index contributed by atoms with van der Waals surface area (Å²) in [4.78, 5) is 11.7. The summed E-state index contributed by atoms with van der Waals surface area (Å²) in [5.74, 6) is -0.0339. The quantitative estimate of drug-likeness (QED) is 0.840. The van der Waals surface area contributed by atoms with Gasteiger partial charge < -0.3 is 10.6 Å². The van der Waals surface area contributed by atoms with E-state index >= 15 is 0 Å². The molecule has 1 aromatic heterocycles. The molecule has 17 heavy (non-hydrogen) atoms. The molecule has 0 radical (unpaired) electrons. The third kappa shape index (κ3) is 3.71. The van der Waals surface area contributed by atoms with Crippen LogP contribution in [0.3, 0.4) is 0 Å². The zero-order valence-corrected chi connectivity index (χ0v) is 10.8. The highest BCUT2D eigenvalue weighted by Crippen LogP contribution is 2.04. The maximum absolute atomic E-state index is 11.7. The monoisotopic (exact) mass is 258 g/mol. The lowest BCUT2D eigenvalue weighted by molar-refractivity contribution is 0.0950. The fraction of sp³-hybridized carbons (Fsp3) is 0.636. The Bertz CT molecular complexity index is 360. The van der Waals surface area contributed by atoms with Gasteiger partial charge in [0.1, 0.15) is 0 Å². The Kier molecular flexibility index (Phi) is 5.44. The number of amides is 1. The van der Waals surface area contributed by atoms with Gasteiger partial charge in [0.2, 0.25) is 0 Å². The first-order valence-corrected chi connectivity index (χ1v) is 5.83. The van der Waals surface area contributed by atoms with E-state index in [9.17, 15) is 4.79 Å². The number of carbonyl (C=O) groups excluding carboxylic acids is 1. The Hall–Kier alpha value is -1.07. The molecule has 0 saturated carbocycles. The van der Waals surface area contributed by atoms with E-state index in [1.165, 1.54) is 6.42 Å². The SMILES string of the molecule is CCn1cc(C(=O)NCC2CCCN2)cn1.Cl. The molecule has 2 rings (SSSR count). The first-order chi connectivity index (χ1) is 7.79. The van der Waals surface area contributed by atoms with Gasteiger partial charge in [0.25, 0.3) is 5.91 Å². The van der Waals surface area contributed by atoms with Crippen molar-refractivity contribution in [1.82, 2.24) is 20.4 Å². The number of aromatic nitrogens is 2. The Labute approximate surface area is 107 Å². The molecule has 1 aliphatic rings. The minimum atomic E-state index is -0.0339. The van der Waals surface area contributed by atoms with E-state index in [-0.39, 0.29) is 18.3 Å². The van der Waals surface area contributed by atoms with Gasteiger partial charge in [0.15, 0.2) is 0 Å². The second kappa shape index (κ2) is 6.61. The first kappa shape index (κ1) is 14.0. The molecule has 5 nitrogen and oxygen atoms in total. The lowest BCUT2D eigenvalue weighted by atomic mass is 10.2. The summed E-state index contributed by atoms with van der Waals surface area (Å²) < 4.78 is 1.75. The Morgan fingerprint density at radius 2 is 2.53 bits per heavy atom. The molecular formula is C11H19ClN4O. The predicted octanol–water partition coefficient (Wildman–Crippen LogP) is 0.807. The molecule has 1 aliphatic heterocycles. The number of nitrogens with zero attached hydrogens (tertiary/aromatic N) is 2. The van der Waals surface area contributed by atoms with E-state index < -0.39 is 0 Å². The number of aryl methyl sites for hydroxylation is 1. The van der Waals surface area contributed by atoms with Crippen molar-refractivity contribution in [3.8, 4) is 0 Å². The molecule has 2 N–H and O–H groups in total. The normalized spacial score (nSPS) is 18.8. The molecule has 6 heteroatoms. The van der Waals surface area contributed by atoms with Crippen molar-refractivity contribution in [1.29, 1.82) is 0 Å².